The molecule has 1 saturated carbocycles. The van der Waals surface area contributed by atoms with Gasteiger partial charge in [-0.05, 0) is 0 Å². The van der Waals surface area contributed by atoms with Gasteiger partial charge in [0.05, 0.1) is 0 Å². The van der Waals surface area contributed by atoms with Gasteiger partial charge in [0, 0.05) is 0 Å². The average Bonchev–Trinajstić information content (AvgIpc) is 3.62. The quantitative estimate of drug-likeness (QED) is 0.290. The fourth-order valence-corrected chi connectivity index (χ4v) is 31.3. The zero-order valence-corrected chi connectivity index (χ0v) is 38.3. The van der Waals surface area contributed by atoms with E-state index >= 15 is 0 Å². The molecular weight excluding hydrogens is 739 g/mol. The summed E-state index contributed by atoms with van der Waals surface area (Å²) in [6.45, 7) is 33.4. The van der Waals surface area contributed by atoms with Crippen LogP contribution in [0.1, 0.15) is 113 Å². The predicted octanol–water partition coefficient (Wildman–Crippen LogP) is 13.7. The van der Waals surface area contributed by atoms with Crippen LogP contribution < -0.4 is 3.27 Å². The number of aryl methyl sites for hydroxylation is 1. The van der Waals surface area contributed by atoms with Crippen molar-refractivity contribution in [2.24, 2.45) is 38.9 Å². The summed E-state index contributed by atoms with van der Waals surface area (Å²) in [4.78, 5) is 0. The van der Waals surface area contributed by atoms with E-state index in [4.69, 9.17) is 4.21 Å². The molecule has 0 spiro atoms. The Morgan fingerprint density at radius 1 is 0.824 bits per heavy atom. The second-order valence-corrected chi connectivity index (χ2v) is 35.6. The third-order valence-electron chi connectivity index (χ3n) is 17.3. The number of fused-ring (bicyclic) bond motifs is 6. The van der Waals surface area contributed by atoms with Crippen molar-refractivity contribution in [2.45, 2.75) is 117 Å². The van der Waals surface area contributed by atoms with Crippen LogP contribution in [0.15, 0.2) is 98.4 Å². The fraction of sp³-hybridized carbons (Fsp3) is 0.521. The Morgan fingerprint density at radius 2 is 1.43 bits per heavy atom. The van der Waals surface area contributed by atoms with Crippen molar-refractivity contribution < 1.29 is 18.3 Å². The normalized spacial score (nSPS) is 30.3. The van der Waals surface area contributed by atoms with Gasteiger partial charge in [-0.2, -0.15) is 0 Å². The molecule has 0 aliphatic heterocycles. The van der Waals surface area contributed by atoms with E-state index in [0.717, 1.165) is 12.8 Å². The Bertz CT molecular complexity index is 2020. The predicted molar refractivity (Wildman–Crippen MR) is 227 cm³/mol. The van der Waals surface area contributed by atoms with Crippen molar-refractivity contribution in [3.05, 3.63) is 115 Å². The standard InChI is InChI=1S/C29H37.C10H15.C7H7.CH3.CH2.2ClH.Zr/c1-18-25-22-17-19-13-9-10-14-20(19)24(22)21-15-11-12-16-23(21)29(25,8)28(6,7)27(4,5)26(18,2)3;1-8-5-6-9(7-8)10(2,3)4;1-7-5-3-2-4-6-7;;;;;/h9-11,13-15,23H,12,16-17H2,1-8H3;6-8H,1-4H3;3-6H,1H3;1H3;1H2;2*1H;. The Balaban J connectivity index is 0.00000252. The summed E-state index contributed by atoms with van der Waals surface area (Å²) >= 11 is -4.77. The van der Waals surface area contributed by atoms with Crippen LogP contribution in [0.3, 0.4) is 0 Å². The first-order chi connectivity index (χ1) is 22.5. The van der Waals surface area contributed by atoms with E-state index in [1.165, 1.54) is 28.7 Å². The number of allylic oxidation sites excluding steroid dienone is 10. The molecule has 5 aliphatic rings. The second-order valence-electron chi connectivity index (χ2n) is 20.4. The molecule has 0 saturated heterocycles. The van der Waals surface area contributed by atoms with E-state index in [0.29, 0.717) is 11.8 Å². The van der Waals surface area contributed by atoms with Crippen molar-refractivity contribution in [3.8, 4) is 0 Å². The minimum absolute atomic E-state index is 0. The first kappa shape index (κ1) is 40.7. The van der Waals surface area contributed by atoms with Crippen LogP contribution in [0.2, 0.25) is 7.75 Å². The Kier molecular flexibility index (Phi) is 9.55. The summed E-state index contributed by atoms with van der Waals surface area (Å²) in [5, 5.41) is 0. The number of hydrogen-bond acceptors (Lipinski definition) is 0. The van der Waals surface area contributed by atoms with E-state index in [1.807, 2.05) is 0 Å². The average molecular weight is 805 g/mol. The van der Waals surface area contributed by atoms with Crippen LogP contribution >= 0.6 is 24.8 Å². The molecule has 276 valence electrons. The zero-order chi connectivity index (χ0) is 36.0. The van der Waals surface area contributed by atoms with Crippen molar-refractivity contribution in [3.63, 3.8) is 0 Å². The Hall–Kier alpha value is -1.53. The number of halogens is 2. The third kappa shape index (κ3) is 4.62. The van der Waals surface area contributed by atoms with Gasteiger partial charge >= 0.3 is 302 Å². The molecule has 0 radical (unpaired) electrons. The number of hydrogen-bond donors (Lipinski definition) is 0. The molecule has 4 atom stereocenters. The first-order valence-electron chi connectivity index (χ1n) is 19.3. The van der Waals surface area contributed by atoms with Gasteiger partial charge in [-0.3, -0.25) is 0 Å². The fourth-order valence-electron chi connectivity index (χ4n) is 12.8. The van der Waals surface area contributed by atoms with Crippen molar-refractivity contribution >= 4 is 37.9 Å². The minimum atomic E-state index is -4.77. The molecule has 4 unspecified atom stereocenters. The maximum atomic E-state index is 5.99. The van der Waals surface area contributed by atoms with Crippen molar-refractivity contribution in [2.75, 3.05) is 0 Å². The topological polar surface area (TPSA) is 0 Å². The number of rotatable bonds is 3. The van der Waals surface area contributed by atoms with Gasteiger partial charge in [0.1, 0.15) is 0 Å². The molecule has 1 fully saturated rings. The zero-order valence-electron chi connectivity index (χ0n) is 34.2. The van der Waals surface area contributed by atoms with E-state index < -0.39 is 18.3 Å². The third-order valence-corrected chi connectivity index (χ3v) is 36.1. The van der Waals surface area contributed by atoms with E-state index in [9.17, 15) is 0 Å². The van der Waals surface area contributed by atoms with Gasteiger partial charge in [-0.15, -0.1) is 24.8 Å². The van der Waals surface area contributed by atoms with Crippen LogP contribution in [0.5, 0.6) is 0 Å². The van der Waals surface area contributed by atoms with Crippen molar-refractivity contribution in [1.29, 1.82) is 0 Å². The summed E-state index contributed by atoms with van der Waals surface area (Å²) in [5.41, 5.74) is 12.4. The van der Waals surface area contributed by atoms with Gasteiger partial charge in [0.2, 0.25) is 0 Å². The first-order valence-corrected chi connectivity index (χ1v) is 27.2. The number of benzene rings is 2. The van der Waals surface area contributed by atoms with Crippen LogP contribution in [0.25, 0.3) is 5.57 Å². The van der Waals surface area contributed by atoms with E-state index in [-0.39, 0.29) is 55.0 Å². The summed E-state index contributed by atoms with van der Waals surface area (Å²) in [6.07, 6.45) is 13.7. The molecule has 0 heterocycles. The molecule has 0 aromatic heterocycles. The van der Waals surface area contributed by atoms with Crippen LogP contribution in [0.4, 0.5) is 0 Å². The van der Waals surface area contributed by atoms with Gasteiger partial charge in [0.25, 0.3) is 0 Å². The van der Waals surface area contributed by atoms with Crippen LogP contribution in [-0.4, -0.2) is 4.21 Å². The summed E-state index contributed by atoms with van der Waals surface area (Å²) < 4.78 is 11.8. The molecule has 0 nitrogen and oxygen atoms in total. The summed E-state index contributed by atoms with van der Waals surface area (Å²) in [7, 11) is 0. The molecule has 0 N–H and O–H groups in total. The summed E-state index contributed by atoms with van der Waals surface area (Å²) in [6, 6.07) is 19.2. The molecule has 3 heteroatoms. The summed E-state index contributed by atoms with van der Waals surface area (Å²) in [5.74, 6) is 0.830. The van der Waals surface area contributed by atoms with E-state index in [1.54, 1.807) is 28.8 Å². The second kappa shape index (κ2) is 12.0. The SMILES string of the molecule is Cl.Cl.[CH2]=[Zr]([CH3])([C]1=CC(C(C)(C)C)=CC1C)([c]1ccc(C)cc1)[C]1(C)C2=C3Cc4ccccc4C3=C3C=CCCC3C2(C)C(C)(C)C(C)(C)C1(C)C. The molecule has 2 aromatic rings. The molecule has 2 aromatic carbocycles. The monoisotopic (exact) mass is 802 g/mol. The van der Waals surface area contributed by atoms with Crippen molar-refractivity contribution in [1.82, 2.24) is 0 Å². The van der Waals surface area contributed by atoms with Gasteiger partial charge < -0.3 is 0 Å². The molecule has 0 bridgehead atoms. The Labute approximate surface area is 324 Å². The molecule has 51 heavy (non-hydrogen) atoms. The maximum absolute atomic E-state index is 5.99. The molecular formula is C48H66Cl2Zr. The van der Waals surface area contributed by atoms with Gasteiger partial charge in [-0.25, -0.2) is 0 Å². The Morgan fingerprint density at radius 3 is 2.02 bits per heavy atom. The molecule has 0 amide bonds. The van der Waals surface area contributed by atoms with Gasteiger partial charge in [0.15, 0.2) is 0 Å². The molecule has 5 aliphatic carbocycles. The molecule has 7 rings (SSSR count). The van der Waals surface area contributed by atoms with E-state index in [2.05, 4.69) is 167 Å². The van der Waals surface area contributed by atoms with Crippen LogP contribution in [-0.2, 0) is 24.7 Å². The van der Waals surface area contributed by atoms with Crippen LogP contribution in [0, 0.1) is 45.8 Å². The van der Waals surface area contributed by atoms with Gasteiger partial charge in [-0.1, -0.05) is 0 Å².